The topological polar surface area (TPSA) is 24.9 Å². The van der Waals surface area contributed by atoms with Gasteiger partial charge in [-0.15, -0.1) is 0 Å². The number of hydrogen-bond acceptors (Lipinski definition) is 2. The second-order valence-corrected chi connectivity index (χ2v) is 4.79. The first kappa shape index (κ1) is 12.0. The third-order valence-corrected chi connectivity index (χ3v) is 3.29. The summed E-state index contributed by atoms with van der Waals surface area (Å²) in [5, 5.41) is 5.34. The van der Waals surface area contributed by atoms with Crippen molar-refractivity contribution in [2.24, 2.45) is 0 Å². The number of fused-ring (bicyclic) bond motifs is 1. The average molecular weight is 269 g/mol. The van der Waals surface area contributed by atoms with Gasteiger partial charge in [-0.05, 0) is 42.0 Å². The molecule has 19 heavy (non-hydrogen) atoms. The molecule has 3 rings (SSSR count). The quantitative estimate of drug-likeness (QED) is 0.756. The molecule has 0 amide bonds. The lowest BCUT2D eigenvalue weighted by atomic mass is 10.1. The van der Waals surface area contributed by atoms with Crippen molar-refractivity contribution in [3.8, 4) is 0 Å². The summed E-state index contributed by atoms with van der Waals surface area (Å²) in [5.74, 6) is 0. The van der Waals surface area contributed by atoms with Gasteiger partial charge in [0.05, 0.1) is 5.52 Å². The molecule has 0 aliphatic heterocycles. The summed E-state index contributed by atoms with van der Waals surface area (Å²) < 4.78 is 0. The monoisotopic (exact) mass is 268 g/mol. The number of anilines is 1. The van der Waals surface area contributed by atoms with Crippen molar-refractivity contribution >= 4 is 28.2 Å². The maximum Gasteiger partial charge on any atom is 0.0722 e. The molecule has 3 aromatic rings. The van der Waals surface area contributed by atoms with Crippen LogP contribution in [-0.4, -0.2) is 4.98 Å². The predicted octanol–water partition coefficient (Wildman–Crippen LogP) is 4.50. The van der Waals surface area contributed by atoms with Crippen LogP contribution in [0.5, 0.6) is 0 Å². The SMILES string of the molecule is Clc1ccc(CNc2cccc3ncccc23)cc1. The number of nitrogens with zero attached hydrogens (tertiary/aromatic N) is 1. The molecule has 0 aliphatic rings. The molecule has 2 aromatic carbocycles. The molecule has 2 nitrogen and oxygen atoms in total. The van der Waals surface area contributed by atoms with E-state index in [-0.39, 0.29) is 0 Å². The minimum atomic E-state index is 0.762. The Hall–Kier alpha value is -2.06. The third kappa shape index (κ3) is 2.69. The van der Waals surface area contributed by atoms with Gasteiger partial charge in [-0.3, -0.25) is 4.98 Å². The number of aromatic nitrogens is 1. The predicted molar refractivity (Wildman–Crippen MR) is 80.5 cm³/mol. The van der Waals surface area contributed by atoms with Gasteiger partial charge in [0.1, 0.15) is 0 Å². The van der Waals surface area contributed by atoms with E-state index in [1.807, 2.05) is 48.7 Å². The fraction of sp³-hybridized carbons (Fsp3) is 0.0625. The highest BCUT2D eigenvalue weighted by Crippen LogP contribution is 2.22. The van der Waals surface area contributed by atoms with E-state index in [0.717, 1.165) is 28.2 Å². The van der Waals surface area contributed by atoms with Crippen LogP contribution < -0.4 is 5.32 Å². The van der Waals surface area contributed by atoms with Gasteiger partial charge < -0.3 is 5.32 Å². The molecule has 0 unspecified atom stereocenters. The molecule has 1 heterocycles. The van der Waals surface area contributed by atoms with Gasteiger partial charge in [0.2, 0.25) is 0 Å². The van der Waals surface area contributed by atoms with Crippen molar-refractivity contribution in [1.82, 2.24) is 4.98 Å². The third-order valence-electron chi connectivity index (χ3n) is 3.04. The van der Waals surface area contributed by atoms with Gasteiger partial charge in [0.15, 0.2) is 0 Å². The van der Waals surface area contributed by atoms with E-state index < -0.39 is 0 Å². The smallest absolute Gasteiger partial charge is 0.0722 e. The van der Waals surface area contributed by atoms with E-state index in [1.165, 1.54) is 5.56 Å². The van der Waals surface area contributed by atoms with E-state index in [1.54, 1.807) is 0 Å². The number of nitrogens with one attached hydrogen (secondary N) is 1. The Bertz CT molecular complexity index is 687. The first-order chi connectivity index (χ1) is 9.33. The Morgan fingerprint density at radius 3 is 2.63 bits per heavy atom. The normalized spacial score (nSPS) is 10.6. The summed E-state index contributed by atoms with van der Waals surface area (Å²) in [4.78, 5) is 4.35. The fourth-order valence-electron chi connectivity index (χ4n) is 2.06. The number of pyridine rings is 1. The van der Waals surface area contributed by atoms with E-state index in [9.17, 15) is 0 Å². The van der Waals surface area contributed by atoms with Gasteiger partial charge in [0.25, 0.3) is 0 Å². The minimum absolute atomic E-state index is 0.762. The number of benzene rings is 2. The highest BCUT2D eigenvalue weighted by molar-refractivity contribution is 6.30. The zero-order valence-corrected chi connectivity index (χ0v) is 11.1. The van der Waals surface area contributed by atoms with Gasteiger partial charge >= 0.3 is 0 Å². The van der Waals surface area contributed by atoms with Crippen molar-refractivity contribution in [3.05, 3.63) is 71.4 Å². The van der Waals surface area contributed by atoms with Crippen LogP contribution in [0, 0.1) is 0 Å². The van der Waals surface area contributed by atoms with Crippen molar-refractivity contribution in [1.29, 1.82) is 0 Å². The van der Waals surface area contributed by atoms with Crippen LogP contribution in [-0.2, 0) is 6.54 Å². The van der Waals surface area contributed by atoms with Crippen LogP contribution >= 0.6 is 11.6 Å². The Morgan fingerprint density at radius 1 is 0.947 bits per heavy atom. The van der Waals surface area contributed by atoms with E-state index >= 15 is 0 Å². The molecular formula is C16H13ClN2. The number of halogens is 1. The molecule has 1 aromatic heterocycles. The van der Waals surface area contributed by atoms with Crippen LogP contribution in [0.15, 0.2) is 60.8 Å². The minimum Gasteiger partial charge on any atom is -0.380 e. The molecule has 1 N–H and O–H groups in total. The van der Waals surface area contributed by atoms with Gasteiger partial charge in [-0.2, -0.15) is 0 Å². The summed E-state index contributed by atoms with van der Waals surface area (Å²) in [6.45, 7) is 0.769. The Labute approximate surface area is 117 Å². The summed E-state index contributed by atoms with van der Waals surface area (Å²) in [5.41, 5.74) is 3.30. The molecule has 0 fully saturated rings. The van der Waals surface area contributed by atoms with Crippen molar-refractivity contribution in [2.75, 3.05) is 5.32 Å². The van der Waals surface area contributed by atoms with Crippen molar-refractivity contribution in [3.63, 3.8) is 0 Å². The number of hydrogen-bond donors (Lipinski definition) is 1. The lowest BCUT2D eigenvalue weighted by molar-refractivity contribution is 1.15. The zero-order valence-electron chi connectivity index (χ0n) is 10.3. The maximum atomic E-state index is 5.88. The standard InChI is InChI=1S/C16H13ClN2/c17-13-8-6-12(7-9-13)11-19-16-5-1-4-15-14(16)3-2-10-18-15/h1-10,19H,11H2. The van der Waals surface area contributed by atoms with Crippen LogP contribution in [0.25, 0.3) is 10.9 Å². The Morgan fingerprint density at radius 2 is 1.79 bits per heavy atom. The lowest BCUT2D eigenvalue weighted by Crippen LogP contribution is -1.99. The molecule has 0 bridgehead atoms. The first-order valence-corrected chi connectivity index (χ1v) is 6.53. The van der Waals surface area contributed by atoms with E-state index in [2.05, 4.69) is 22.4 Å². The maximum absolute atomic E-state index is 5.88. The Balaban J connectivity index is 1.84. The van der Waals surface area contributed by atoms with Gasteiger partial charge in [-0.25, -0.2) is 0 Å². The molecule has 0 aliphatic carbocycles. The largest absolute Gasteiger partial charge is 0.380 e. The van der Waals surface area contributed by atoms with E-state index in [4.69, 9.17) is 11.6 Å². The lowest BCUT2D eigenvalue weighted by Gasteiger charge is -2.09. The summed E-state index contributed by atoms with van der Waals surface area (Å²) >= 11 is 5.88. The van der Waals surface area contributed by atoms with Gasteiger partial charge in [-0.1, -0.05) is 29.8 Å². The second-order valence-electron chi connectivity index (χ2n) is 4.36. The van der Waals surface area contributed by atoms with Gasteiger partial charge in [0, 0.05) is 28.8 Å². The summed E-state index contributed by atoms with van der Waals surface area (Å²) in [6, 6.07) is 18.0. The number of rotatable bonds is 3. The van der Waals surface area contributed by atoms with Crippen molar-refractivity contribution < 1.29 is 0 Å². The average Bonchev–Trinajstić information content (AvgIpc) is 2.47. The molecule has 0 atom stereocenters. The molecule has 0 saturated heterocycles. The fourth-order valence-corrected chi connectivity index (χ4v) is 2.18. The summed E-state index contributed by atoms with van der Waals surface area (Å²) in [6.07, 6.45) is 1.81. The molecule has 94 valence electrons. The molecular weight excluding hydrogens is 256 g/mol. The van der Waals surface area contributed by atoms with E-state index in [0.29, 0.717) is 0 Å². The zero-order chi connectivity index (χ0) is 13.1. The van der Waals surface area contributed by atoms with Crippen LogP contribution in [0.4, 0.5) is 5.69 Å². The molecule has 0 radical (unpaired) electrons. The van der Waals surface area contributed by atoms with Crippen molar-refractivity contribution in [2.45, 2.75) is 6.54 Å². The summed E-state index contributed by atoms with van der Waals surface area (Å²) in [7, 11) is 0. The van der Waals surface area contributed by atoms with Crippen LogP contribution in [0.3, 0.4) is 0 Å². The molecule has 0 saturated carbocycles. The highest BCUT2D eigenvalue weighted by atomic mass is 35.5. The first-order valence-electron chi connectivity index (χ1n) is 6.15. The Kier molecular flexibility index (Phi) is 3.34. The van der Waals surface area contributed by atoms with Crippen LogP contribution in [0.1, 0.15) is 5.56 Å². The highest BCUT2D eigenvalue weighted by Gasteiger charge is 2.00. The van der Waals surface area contributed by atoms with Crippen LogP contribution in [0.2, 0.25) is 5.02 Å². The molecule has 3 heteroatoms. The second kappa shape index (κ2) is 5.29. The molecule has 0 spiro atoms.